The van der Waals surface area contributed by atoms with Gasteiger partial charge in [-0.3, -0.25) is 0 Å². The van der Waals surface area contributed by atoms with Crippen LogP contribution in [0.4, 0.5) is 0 Å². The summed E-state index contributed by atoms with van der Waals surface area (Å²) in [6.07, 6.45) is 1.76. The molecule has 2 nitrogen and oxygen atoms in total. The second kappa shape index (κ2) is 6.94. The van der Waals surface area contributed by atoms with E-state index in [1.807, 2.05) is 0 Å². The topological polar surface area (TPSA) is 27.0 Å². The van der Waals surface area contributed by atoms with Crippen LogP contribution in [0.5, 0.6) is 0 Å². The first kappa shape index (κ1) is 16.5. The van der Waals surface area contributed by atoms with Gasteiger partial charge in [0.2, 0.25) is 0 Å². The Morgan fingerprint density at radius 2 is 1.77 bits per heavy atom. The molecular weight excluding hydrogens is 268 g/mol. The predicted molar refractivity (Wildman–Crippen MR) is 93.9 cm³/mol. The van der Waals surface area contributed by atoms with Gasteiger partial charge in [0.15, 0.2) is 0 Å². The van der Waals surface area contributed by atoms with Gasteiger partial charge in [0.05, 0.1) is 11.5 Å². The van der Waals surface area contributed by atoms with Crippen LogP contribution >= 0.6 is 0 Å². The van der Waals surface area contributed by atoms with Gasteiger partial charge in [-0.25, -0.2) is 0 Å². The van der Waals surface area contributed by atoms with Gasteiger partial charge in [0.25, 0.3) is 0 Å². The van der Waals surface area contributed by atoms with Gasteiger partial charge in [0, 0.05) is 0 Å². The van der Waals surface area contributed by atoms with Crippen LogP contribution < -0.4 is 0 Å². The van der Waals surface area contributed by atoms with Crippen LogP contribution in [0.2, 0.25) is 0 Å². The van der Waals surface area contributed by atoms with E-state index < -0.39 is 5.41 Å². The average Bonchev–Trinajstić information content (AvgIpc) is 2.50. The van der Waals surface area contributed by atoms with Crippen LogP contribution in [0.25, 0.3) is 10.8 Å². The minimum absolute atomic E-state index is 0.417. The number of hydrogen-bond acceptors (Lipinski definition) is 2. The molecule has 0 heterocycles. The molecular formula is C20H26N2. The van der Waals surface area contributed by atoms with E-state index in [1.165, 1.54) is 16.3 Å². The Hall–Kier alpha value is -1.85. The zero-order valence-electron chi connectivity index (χ0n) is 14.1. The summed E-state index contributed by atoms with van der Waals surface area (Å²) in [5.74, 6) is 0.487. The molecule has 2 rings (SSSR count). The second-order valence-corrected chi connectivity index (χ2v) is 6.87. The molecule has 0 bridgehead atoms. The third-order valence-electron chi connectivity index (χ3n) is 4.26. The van der Waals surface area contributed by atoms with Gasteiger partial charge in [-0.05, 0) is 55.7 Å². The predicted octanol–water partition coefficient (Wildman–Crippen LogP) is 4.60. The number of benzene rings is 2. The smallest absolute Gasteiger partial charge is 0.0842 e. The van der Waals surface area contributed by atoms with Crippen molar-refractivity contribution in [2.75, 3.05) is 20.6 Å². The Bertz CT molecular complexity index is 661. The van der Waals surface area contributed by atoms with Crippen LogP contribution in [-0.2, 0) is 5.41 Å². The quantitative estimate of drug-likeness (QED) is 0.778. The molecule has 2 aromatic carbocycles. The minimum atomic E-state index is -0.417. The summed E-state index contributed by atoms with van der Waals surface area (Å²) in [4.78, 5) is 2.16. The van der Waals surface area contributed by atoms with Crippen molar-refractivity contribution in [3.05, 3.63) is 48.0 Å². The van der Waals surface area contributed by atoms with Crippen molar-refractivity contribution in [3.63, 3.8) is 0 Å². The molecule has 22 heavy (non-hydrogen) atoms. The molecule has 0 spiro atoms. The molecule has 0 amide bonds. The number of hydrogen-bond donors (Lipinski definition) is 0. The van der Waals surface area contributed by atoms with Gasteiger partial charge in [-0.2, -0.15) is 5.26 Å². The molecule has 0 aromatic heterocycles. The summed E-state index contributed by atoms with van der Waals surface area (Å²) in [6.45, 7) is 5.32. The van der Waals surface area contributed by atoms with Crippen molar-refractivity contribution >= 4 is 10.8 Å². The van der Waals surface area contributed by atoms with E-state index in [2.05, 4.69) is 81.4 Å². The molecule has 0 fully saturated rings. The molecule has 0 saturated carbocycles. The maximum absolute atomic E-state index is 10.1. The molecule has 0 N–H and O–H groups in total. The maximum Gasteiger partial charge on any atom is 0.0842 e. The van der Waals surface area contributed by atoms with Crippen LogP contribution in [0.1, 0.15) is 32.3 Å². The third kappa shape index (κ3) is 3.48. The standard InChI is InChI=1S/C20H26N2/c1-16(2)14-20(15-21,12-13-22(3)4)19-11-7-9-17-8-5-6-10-18(17)19/h5-11,16H,12-14H2,1-4H3/t20-/m0/s1. The lowest BCUT2D eigenvalue weighted by atomic mass is 9.71. The highest BCUT2D eigenvalue weighted by atomic mass is 15.0. The Morgan fingerprint density at radius 3 is 2.41 bits per heavy atom. The highest BCUT2D eigenvalue weighted by molar-refractivity contribution is 5.87. The maximum atomic E-state index is 10.1. The third-order valence-corrected chi connectivity index (χ3v) is 4.26. The fraction of sp³-hybridized carbons (Fsp3) is 0.450. The van der Waals surface area contributed by atoms with E-state index >= 15 is 0 Å². The number of nitrogens with zero attached hydrogens (tertiary/aromatic N) is 2. The molecule has 0 aliphatic carbocycles. The lowest BCUT2D eigenvalue weighted by Crippen LogP contribution is -2.31. The summed E-state index contributed by atoms with van der Waals surface area (Å²) >= 11 is 0. The van der Waals surface area contributed by atoms with Crippen molar-refractivity contribution in [1.29, 1.82) is 5.26 Å². The van der Waals surface area contributed by atoms with Crippen molar-refractivity contribution in [2.45, 2.75) is 32.1 Å². The summed E-state index contributed by atoms with van der Waals surface area (Å²) < 4.78 is 0. The fourth-order valence-corrected chi connectivity index (χ4v) is 3.26. The molecule has 2 aromatic rings. The average molecular weight is 294 g/mol. The number of fused-ring (bicyclic) bond motifs is 1. The largest absolute Gasteiger partial charge is 0.309 e. The Labute approximate surface area is 134 Å². The summed E-state index contributed by atoms with van der Waals surface area (Å²) in [5.41, 5.74) is 0.767. The van der Waals surface area contributed by atoms with Crippen LogP contribution in [0.15, 0.2) is 42.5 Å². The summed E-state index contributed by atoms with van der Waals surface area (Å²) in [6, 6.07) is 17.4. The molecule has 0 unspecified atom stereocenters. The first-order valence-electron chi connectivity index (χ1n) is 8.03. The van der Waals surface area contributed by atoms with Crippen LogP contribution in [0.3, 0.4) is 0 Å². The van der Waals surface area contributed by atoms with Crippen LogP contribution in [-0.4, -0.2) is 25.5 Å². The number of nitriles is 1. The van der Waals surface area contributed by atoms with E-state index in [-0.39, 0.29) is 0 Å². The first-order valence-corrected chi connectivity index (χ1v) is 8.03. The molecule has 0 radical (unpaired) electrons. The lowest BCUT2D eigenvalue weighted by Gasteiger charge is -2.31. The van der Waals surface area contributed by atoms with Gasteiger partial charge in [0.1, 0.15) is 0 Å². The van der Waals surface area contributed by atoms with Crippen molar-refractivity contribution in [1.82, 2.24) is 4.90 Å². The second-order valence-electron chi connectivity index (χ2n) is 6.87. The Balaban J connectivity index is 2.57. The van der Waals surface area contributed by atoms with Gasteiger partial charge >= 0.3 is 0 Å². The van der Waals surface area contributed by atoms with Gasteiger partial charge in [-0.15, -0.1) is 0 Å². The highest BCUT2D eigenvalue weighted by Gasteiger charge is 2.34. The molecule has 1 atom stereocenters. The molecule has 0 saturated heterocycles. The Morgan fingerprint density at radius 1 is 1.09 bits per heavy atom. The minimum Gasteiger partial charge on any atom is -0.309 e. The first-order chi connectivity index (χ1) is 10.5. The van der Waals surface area contributed by atoms with E-state index in [4.69, 9.17) is 0 Å². The molecule has 0 aliphatic rings. The van der Waals surface area contributed by atoms with Gasteiger partial charge in [-0.1, -0.05) is 56.3 Å². The number of rotatable bonds is 6. The zero-order chi connectivity index (χ0) is 16.2. The normalized spacial score (nSPS) is 14.2. The monoisotopic (exact) mass is 294 g/mol. The van der Waals surface area contributed by atoms with Crippen molar-refractivity contribution in [3.8, 4) is 6.07 Å². The molecule has 116 valence electrons. The van der Waals surface area contributed by atoms with Crippen LogP contribution in [0, 0.1) is 17.2 Å². The van der Waals surface area contributed by atoms with Crippen molar-refractivity contribution in [2.24, 2.45) is 5.92 Å². The SMILES string of the molecule is CC(C)C[C@](C#N)(CCN(C)C)c1cccc2ccccc12. The fourth-order valence-electron chi connectivity index (χ4n) is 3.26. The zero-order valence-corrected chi connectivity index (χ0v) is 14.1. The van der Waals surface area contributed by atoms with E-state index in [0.717, 1.165) is 19.4 Å². The molecule has 2 heteroatoms. The van der Waals surface area contributed by atoms with E-state index in [1.54, 1.807) is 0 Å². The highest BCUT2D eigenvalue weighted by Crippen LogP contribution is 2.38. The lowest BCUT2D eigenvalue weighted by molar-refractivity contribution is 0.322. The van der Waals surface area contributed by atoms with Crippen molar-refractivity contribution < 1.29 is 0 Å². The van der Waals surface area contributed by atoms with E-state index in [0.29, 0.717) is 5.92 Å². The van der Waals surface area contributed by atoms with Gasteiger partial charge < -0.3 is 4.90 Å². The van der Waals surface area contributed by atoms with E-state index in [9.17, 15) is 5.26 Å². The molecule has 0 aliphatic heterocycles. The summed E-state index contributed by atoms with van der Waals surface area (Å²) in [5, 5.41) is 12.5. The summed E-state index contributed by atoms with van der Waals surface area (Å²) in [7, 11) is 4.14. The Kier molecular flexibility index (Phi) is 5.21.